The molecule has 0 spiro atoms. The summed E-state index contributed by atoms with van der Waals surface area (Å²) in [6.07, 6.45) is 0. The van der Waals surface area contributed by atoms with Crippen LogP contribution in [0.4, 0.5) is 154 Å². The second-order valence-corrected chi connectivity index (χ2v) is 38.6. The number of anilines is 27. The predicted molar refractivity (Wildman–Crippen MR) is 610 cm³/mol. The third kappa shape index (κ3) is 19.2. The van der Waals surface area contributed by atoms with Crippen LogP contribution in [0.2, 0.25) is 0 Å². The lowest BCUT2D eigenvalue weighted by molar-refractivity contribution is 0.414. The Labute approximate surface area is 885 Å². The van der Waals surface area contributed by atoms with Crippen LogP contribution in [0.5, 0.6) is 69.0 Å². The highest BCUT2D eigenvalue weighted by Crippen LogP contribution is 2.63. The van der Waals surface area contributed by atoms with Gasteiger partial charge < -0.3 is 101 Å². The first-order valence-electron chi connectivity index (χ1n) is 48.6. The van der Waals surface area contributed by atoms with E-state index in [1.54, 1.807) is 121 Å². The Hall–Kier alpha value is -18.0. The maximum Gasteiger partial charge on any atom is 0.119 e. The number of ether oxygens (including phenoxy) is 12. The molecule has 0 N–H and O–H groups in total. The molecule has 3 heterocycles. The van der Waals surface area contributed by atoms with Gasteiger partial charge in [-0.15, -0.1) is 0 Å². The van der Waals surface area contributed by atoms with Crippen molar-refractivity contribution < 1.29 is 56.8 Å². The first kappa shape index (κ1) is 96.8. The number of hydrogen-bond acceptors (Lipinski definition) is 24. The number of methoxy groups -OCH3 is 12. The van der Waals surface area contributed by atoms with E-state index in [1.807, 2.05) is 146 Å². The molecule has 22 rings (SSSR count). The molecule has 3 aliphatic rings. The molecule has 19 aromatic rings. The highest BCUT2D eigenvalue weighted by atomic mass is 32.2. The Bertz CT molecular complexity index is 6580. The van der Waals surface area contributed by atoms with Gasteiger partial charge in [-0.05, 0) is 419 Å². The molecule has 0 bridgehead atoms. The Morgan fingerprint density at radius 1 is 0.127 bits per heavy atom. The minimum atomic E-state index is 0.733. The van der Waals surface area contributed by atoms with Gasteiger partial charge in [-0.2, -0.15) is 0 Å². The van der Waals surface area contributed by atoms with Gasteiger partial charge in [0.15, 0.2) is 0 Å². The van der Waals surface area contributed by atoms with E-state index < -0.39 is 0 Å². The van der Waals surface area contributed by atoms with Gasteiger partial charge in [-0.25, -0.2) is 0 Å². The monoisotopic (exact) mass is 2030 g/mol. The SMILES string of the molecule is COc1ccc(N(c2ccc(OC)cc2)c2ccc3c(c2)Sc2cc(N(c4ccc(OC)cc4)c4ccc(OC)cc4)ccc2N3c2cc(N3c4ccc(N(c5ccc(OC)cc5)c5ccc(OC)cc5)cc4Sc4cc(N(c5ccc(OC)cc5)c5ccc(OC)cc5)ccc43)cc(N3c4ccc(N(c5ccc(OC)cc5)c5ccc(OC)cc5)cc4Sc4cc(N(c5ccc(OC)cc5)c5ccc(OC)cc5)ccc43)c2)cc1. The quantitative estimate of drug-likeness (QED) is 0.0385. The predicted octanol–water partition coefficient (Wildman–Crippen LogP) is 34.4. The van der Waals surface area contributed by atoms with Gasteiger partial charge in [0.25, 0.3) is 0 Å². The summed E-state index contributed by atoms with van der Waals surface area (Å²) in [5.41, 5.74) is 24.5. The lowest BCUT2D eigenvalue weighted by atomic mass is 10.1. The zero-order valence-corrected chi connectivity index (χ0v) is 86.9. The van der Waals surface area contributed by atoms with Crippen molar-refractivity contribution in [2.24, 2.45) is 0 Å². The number of nitrogens with zero attached hydrogens (tertiary/aromatic N) is 9. The highest BCUT2D eigenvalue weighted by molar-refractivity contribution is 8.00. The van der Waals surface area contributed by atoms with E-state index in [0.29, 0.717) is 0 Å². The van der Waals surface area contributed by atoms with Gasteiger partial charge in [-0.3, -0.25) is 0 Å². The summed E-state index contributed by atoms with van der Waals surface area (Å²) in [7, 11) is 20.3. The van der Waals surface area contributed by atoms with Crippen LogP contribution in [0.15, 0.2) is 448 Å². The van der Waals surface area contributed by atoms with Crippen molar-refractivity contribution in [1.82, 2.24) is 0 Å². The van der Waals surface area contributed by atoms with Gasteiger partial charge in [0, 0.05) is 132 Å². The molecule has 0 unspecified atom stereocenters. The van der Waals surface area contributed by atoms with Crippen LogP contribution in [-0.4, -0.2) is 85.3 Å². The van der Waals surface area contributed by atoms with Crippen LogP contribution in [0, 0.1) is 0 Å². The van der Waals surface area contributed by atoms with Crippen molar-refractivity contribution in [2.45, 2.75) is 29.4 Å². The van der Waals surface area contributed by atoms with Crippen molar-refractivity contribution in [3.63, 3.8) is 0 Å². The van der Waals surface area contributed by atoms with Crippen LogP contribution in [0.25, 0.3) is 0 Å². The smallest absolute Gasteiger partial charge is 0.119 e. The molecule has 19 aromatic carbocycles. The van der Waals surface area contributed by atoms with E-state index >= 15 is 0 Å². The second kappa shape index (κ2) is 42.6. The fourth-order valence-corrected chi connectivity index (χ4v) is 22.8. The highest BCUT2D eigenvalue weighted by Gasteiger charge is 2.37. The fraction of sp³-hybridized carbons (Fsp3) is 0.0952. The van der Waals surface area contributed by atoms with Crippen molar-refractivity contribution in [3.05, 3.63) is 419 Å². The molecular formula is C126H105N9O12S3. The second-order valence-electron chi connectivity index (χ2n) is 35.3. The van der Waals surface area contributed by atoms with E-state index in [-0.39, 0.29) is 0 Å². The zero-order valence-electron chi connectivity index (χ0n) is 84.5. The van der Waals surface area contributed by atoms with E-state index in [9.17, 15) is 0 Å². The largest absolute Gasteiger partial charge is 0.497 e. The molecule has 0 atom stereocenters. The van der Waals surface area contributed by atoms with Gasteiger partial charge in [-0.1, -0.05) is 35.3 Å². The molecule has 24 heteroatoms. The van der Waals surface area contributed by atoms with Crippen LogP contribution in [-0.2, 0) is 0 Å². The Morgan fingerprint density at radius 2 is 0.227 bits per heavy atom. The molecule has 0 aliphatic carbocycles. The average Bonchev–Trinajstić information content (AvgIpc) is 0.721. The van der Waals surface area contributed by atoms with Crippen LogP contribution < -0.4 is 101 Å². The van der Waals surface area contributed by atoms with Crippen molar-refractivity contribution >= 4 is 189 Å². The van der Waals surface area contributed by atoms with E-state index in [2.05, 4.69) is 317 Å². The average molecular weight is 2030 g/mol. The summed E-state index contributed by atoms with van der Waals surface area (Å²) in [5, 5.41) is 0. The van der Waals surface area contributed by atoms with Crippen LogP contribution in [0.1, 0.15) is 0 Å². The standard InChI is InChI=1S/C126H105N9O12S3/c1-136-103-43-13-82(14-44-103)127(83-15-45-104(137-2)46-16-83)94-37-67-115-121(76-94)148-122-77-95(128(84-17-47-105(138-3)48-18-84)85-19-49-106(139-4)50-20-85)38-68-116(122)133(115)100-73-101(134-117-69-39-96(129(86-21-51-107(140-5)52-22-86)87-23-53-108(141-6)54-24-87)78-123(117)149-124-79-97(40-70-118(124)134)130(88-25-55-109(142-7)56-26-88)89-27-57-110(143-8)58-28-89)75-102(74-100)135-119-71-41-98(131(90-29-59-111(144-9)60-30-90)91-31-61-112(145-10)62-32-91)80-125(119)150-126-81-99(42-72-120(126)135)132(92-33-63-113(146-11)64-34-92)93-35-65-114(147-12)66-36-93/h13-81H,1-12H3. The number of rotatable bonds is 33. The third-order valence-electron chi connectivity index (χ3n) is 26.9. The molecular weight excluding hydrogens is 1930 g/mol. The Kier molecular flexibility index (Phi) is 27.5. The summed E-state index contributed by atoms with van der Waals surface area (Å²) >= 11 is 5.17. The van der Waals surface area contributed by atoms with E-state index in [0.717, 1.165) is 252 Å². The molecule has 150 heavy (non-hydrogen) atoms. The number of hydrogen-bond donors (Lipinski definition) is 0. The molecule has 0 amide bonds. The van der Waals surface area contributed by atoms with Gasteiger partial charge in [0.2, 0.25) is 0 Å². The van der Waals surface area contributed by atoms with Crippen LogP contribution >= 0.6 is 35.3 Å². The molecule has 21 nitrogen and oxygen atoms in total. The maximum absolute atomic E-state index is 5.84. The molecule has 3 aliphatic heterocycles. The first-order valence-corrected chi connectivity index (χ1v) is 51.1. The summed E-state index contributed by atoms with van der Waals surface area (Å²) in [4.78, 5) is 26.9. The molecule has 0 aromatic heterocycles. The molecule has 0 fully saturated rings. The Morgan fingerprint density at radius 3 is 0.327 bits per heavy atom. The van der Waals surface area contributed by atoms with Crippen molar-refractivity contribution in [1.29, 1.82) is 0 Å². The first-order chi connectivity index (χ1) is 73.7. The molecule has 0 saturated heterocycles. The Balaban J connectivity index is 0.833. The molecule has 0 radical (unpaired) electrons. The van der Waals surface area contributed by atoms with E-state index in [1.165, 1.54) is 0 Å². The minimum absolute atomic E-state index is 0.733. The summed E-state index contributed by atoms with van der Waals surface area (Å²) < 4.78 is 70.1. The normalized spacial score (nSPS) is 11.9. The summed E-state index contributed by atoms with van der Waals surface area (Å²) in [6, 6.07) is 147. The third-order valence-corrected chi connectivity index (χ3v) is 30.2. The van der Waals surface area contributed by atoms with E-state index in [4.69, 9.17) is 56.8 Å². The maximum atomic E-state index is 5.84. The lowest BCUT2D eigenvalue weighted by Gasteiger charge is -2.39. The number of benzene rings is 19. The zero-order chi connectivity index (χ0) is 103. The van der Waals surface area contributed by atoms with Gasteiger partial charge in [0.05, 0.1) is 137 Å². The molecule has 744 valence electrons. The van der Waals surface area contributed by atoms with Crippen molar-refractivity contribution in [2.75, 3.05) is 129 Å². The lowest BCUT2D eigenvalue weighted by Crippen LogP contribution is -2.21. The van der Waals surface area contributed by atoms with Gasteiger partial charge in [0.1, 0.15) is 69.0 Å². The van der Waals surface area contributed by atoms with Crippen molar-refractivity contribution in [3.8, 4) is 69.0 Å². The topological polar surface area (TPSA) is 140 Å². The minimum Gasteiger partial charge on any atom is -0.497 e. The van der Waals surface area contributed by atoms with Crippen LogP contribution in [0.3, 0.4) is 0 Å². The summed E-state index contributed by atoms with van der Waals surface area (Å²) in [5.74, 6) is 8.79. The fourth-order valence-electron chi connectivity index (χ4n) is 19.5. The molecule has 0 saturated carbocycles. The van der Waals surface area contributed by atoms with Gasteiger partial charge >= 0.3 is 0 Å². The summed E-state index contributed by atoms with van der Waals surface area (Å²) in [6.45, 7) is 0. The number of fused-ring (bicyclic) bond motifs is 6.